The van der Waals surface area contributed by atoms with Crippen LogP contribution in [0.1, 0.15) is 81.6 Å². The second kappa shape index (κ2) is 7.72. The summed E-state index contributed by atoms with van der Waals surface area (Å²) in [6, 6.07) is -0.438. The Balaban J connectivity index is 4.96. The zero-order chi connectivity index (χ0) is 19.4. The van der Waals surface area contributed by atoms with Gasteiger partial charge in [-0.2, -0.15) is 0 Å². The van der Waals surface area contributed by atoms with Crippen molar-refractivity contribution in [1.82, 2.24) is 16.1 Å². The number of carbonyl (C=O) groups is 2. The van der Waals surface area contributed by atoms with Crippen LogP contribution in [0, 0.1) is 10.8 Å². The molecule has 0 radical (unpaired) electrons. The van der Waals surface area contributed by atoms with Gasteiger partial charge >= 0.3 is 6.03 Å². The third-order valence-corrected chi connectivity index (χ3v) is 4.41. The van der Waals surface area contributed by atoms with Gasteiger partial charge in [-0.15, -0.1) is 0 Å². The van der Waals surface area contributed by atoms with Crippen LogP contribution >= 0.6 is 0 Å². The molecule has 0 aliphatic carbocycles. The van der Waals surface area contributed by atoms with Gasteiger partial charge in [0.15, 0.2) is 0 Å². The quantitative estimate of drug-likeness (QED) is 0.310. The number of carbonyl (C=O) groups excluding carboxylic acids is 2. The first-order valence-corrected chi connectivity index (χ1v) is 8.67. The summed E-state index contributed by atoms with van der Waals surface area (Å²) in [6.45, 7) is 18.2. The molecule has 0 aromatic carbocycles. The Morgan fingerprint density at radius 3 is 1.71 bits per heavy atom. The molecule has 0 aliphatic rings. The van der Waals surface area contributed by atoms with E-state index in [4.69, 9.17) is 5.84 Å². The molecular formula is C18H38N4O2. The summed E-state index contributed by atoms with van der Waals surface area (Å²) in [4.78, 5) is 24.3. The van der Waals surface area contributed by atoms with E-state index in [9.17, 15) is 9.59 Å². The van der Waals surface area contributed by atoms with Gasteiger partial charge in [0.05, 0.1) is 0 Å². The molecule has 0 bridgehead atoms. The summed E-state index contributed by atoms with van der Waals surface area (Å²) < 4.78 is 0. The summed E-state index contributed by atoms with van der Waals surface area (Å²) >= 11 is 0. The number of amides is 3. The van der Waals surface area contributed by atoms with Crippen LogP contribution in [0.15, 0.2) is 0 Å². The molecule has 0 saturated heterocycles. The predicted octanol–water partition coefficient (Wildman–Crippen LogP) is 3.08. The fraction of sp³-hybridized carbons (Fsp3) is 0.889. The average Bonchev–Trinajstić information content (AvgIpc) is 2.34. The van der Waals surface area contributed by atoms with Crippen LogP contribution in [0.5, 0.6) is 0 Å². The van der Waals surface area contributed by atoms with E-state index < -0.39 is 22.5 Å². The monoisotopic (exact) mass is 342 g/mol. The zero-order valence-corrected chi connectivity index (χ0v) is 17.0. The first-order chi connectivity index (χ1) is 10.6. The fourth-order valence-electron chi connectivity index (χ4n) is 3.41. The van der Waals surface area contributed by atoms with E-state index in [1.54, 1.807) is 0 Å². The van der Waals surface area contributed by atoms with E-state index in [1.165, 1.54) is 0 Å². The van der Waals surface area contributed by atoms with E-state index in [0.29, 0.717) is 6.42 Å². The minimum absolute atomic E-state index is 0.0353. The van der Waals surface area contributed by atoms with Gasteiger partial charge in [0, 0.05) is 16.5 Å². The molecule has 0 atom stereocenters. The zero-order valence-electron chi connectivity index (χ0n) is 17.0. The number of urea groups is 1. The smallest absolute Gasteiger partial charge is 0.329 e. The molecule has 6 nitrogen and oxygen atoms in total. The average molecular weight is 343 g/mol. The van der Waals surface area contributed by atoms with Gasteiger partial charge in [-0.25, -0.2) is 10.6 Å². The summed E-state index contributed by atoms with van der Waals surface area (Å²) in [7, 11) is 0. The van der Waals surface area contributed by atoms with Crippen LogP contribution in [-0.2, 0) is 4.79 Å². The molecule has 6 heteroatoms. The maximum absolute atomic E-state index is 12.8. The van der Waals surface area contributed by atoms with Gasteiger partial charge in [0.1, 0.15) is 0 Å². The van der Waals surface area contributed by atoms with E-state index in [0.717, 1.165) is 12.8 Å². The lowest BCUT2D eigenvalue weighted by molar-refractivity contribution is -0.133. The molecule has 0 fully saturated rings. The van der Waals surface area contributed by atoms with Crippen molar-refractivity contribution in [1.29, 1.82) is 0 Å². The highest BCUT2D eigenvalue weighted by Gasteiger charge is 2.38. The molecular weight excluding hydrogens is 304 g/mol. The maximum atomic E-state index is 12.8. The second-order valence-electron chi connectivity index (χ2n) is 9.58. The van der Waals surface area contributed by atoms with Crippen molar-refractivity contribution < 1.29 is 9.59 Å². The lowest BCUT2D eigenvalue weighted by Crippen LogP contribution is -2.57. The van der Waals surface area contributed by atoms with Crippen LogP contribution in [0.2, 0.25) is 0 Å². The first kappa shape index (κ1) is 22.7. The van der Waals surface area contributed by atoms with Gasteiger partial charge < -0.3 is 10.6 Å². The Bertz CT molecular complexity index is 454. The van der Waals surface area contributed by atoms with Crippen molar-refractivity contribution in [3.05, 3.63) is 0 Å². The third-order valence-electron chi connectivity index (χ3n) is 4.41. The topological polar surface area (TPSA) is 96.2 Å². The van der Waals surface area contributed by atoms with Crippen LogP contribution < -0.4 is 21.9 Å². The molecule has 0 aromatic heterocycles. The summed E-state index contributed by atoms with van der Waals surface area (Å²) in [6.07, 6.45) is 2.42. The van der Waals surface area contributed by atoms with E-state index in [1.807, 2.05) is 41.5 Å². The molecule has 0 aromatic rings. The van der Waals surface area contributed by atoms with Crippen LogP contribution in [0.4, 0.5) is 4.79 Å². The molecule has 0 spiro atoms. The number of hydrogen-bond acceptors (Lipinski definition) is 3. The van der Waals surface area contributed by atoms with Crippen molar-refractivity contribution in [3.63, 3.8) is 0 Å². The Hall–Kier alpha value is -1.30. The molecule has 0 saturated carbocycles. The van der Waals surface area contributed by atoms with Gasteiger partial charge in [-0.05, 0) is 46.0 Å². The number of hydrazine groups is 1. The molecule has 0 unspecified atom stereocenters. The minimum Gasteiger partial charge on any atom is -0.351 e. The standard InChI is InChI=1S/C18H38N4O2/c1-10-15(2,3)11-16(4,5)13(23)20-17(6,7)12-18(8,9)21-14(24)22-19/h10-12,19H2,1-9H3,(H,20,23)(H2,21,22,24). The minimum atomic E-state index is -0.507. The summed E-state index contributed by atoms with van der Waals surface area (Å²) in [5.41, 5.74) is 0.758. The number of hydrogen-bond donors (Lipinski definition) is 4. The molecule has 0 rings (SSSR count). The Labute approximate surface area is 147 Å². The number of nitrogens with one attached hydrogen (secondary N) is 3. The second-order valence-corrected chi connectivity index (χ2v) is 9.58. The third kappa shape index (κ3) is 7.99. The largest absolute Gasteiger partial charge is 0.351 e. The molecule has 5 N–H and O–H groups in total. The molecule has 24 heavy (non-hydrogen) atoms. The maximum Gasteiger partial charge on any atom is 0.329 e. The van der Waals surface area contributed by atoms with Gasteiger partial charge in [0.2, 0.25) is 5.91 Å². The SMILES string of the molecule is CCC(C)(C)CC(C)(C)C(=O)NC(C)(C)CC(C)(C)NC(=O)NN. The normalized spacial score (nSPS) is 13.4. The Kier molecular flexibility index (Phi) is 7.30. The molecule has 0 aliphatic heterocycles. The van der Waals surface area contributed by atoms with Crippen LogP contribution in [0.25, 0.3) is 0 Å². The highest BCUT2D eigenvalue weighted by atomic mass is 16.2. The predicted molar refractivity (Wildman–Crippen MR) is 99.2 cm³/mol. The summed E-state index contributed by atoms with van der Waals surface area (Å²) in [5.74, 6) is 5.16. The van der Waals surface area contributed by atoms with Crippen molar-refractivity contribution >= 4 is 11.9 Å². The highest BCUT2D eigenvalue weighted by molar-refractivity contribution is 5.82. The number of nitrogens with two attached hydrogens (primary N) is 1. The lowest BCUT2D eigenvalue weighted by atomic mass is 9.72. The number of rotatable bonds is 8. The van der Waals surface area contributed by atoms with Gasteiger partial charge in [-0.3, -0.25) is 10.2 Å². The first-order valence-electron chi connectivity index (χ1n) is 8.67. The van der Waals surface area contributed by atoms with Crippen LogP contribution in [-0.4, -0.2) is 23.0 Å². The van der Waals surface area contributed by atoms with E-state index >= 15 is 0 Å². The molecule has 142 valence electrons. The van der Waals surface area contributed by atoms with E-state index in [2.05, 4.69) is 36.8 Å². The Morgan fingerprint density at radius 2 is 1.29 bits per heavy atom. The molecule has 3 amide bonds. The lowest BCUT2D eigenvalue weighted by Gasteiger charge is -2.39. The van der Waals surface area contributed by atoms with Gasteiger partial charge in [-0.1, -0.05) is 41.0 Å². The van der Waals surface area contributed by atoms with Crippen molar-refractivity contribution in [2.75, 3.05) is 0 Å². The van der Waals surface area contributed by atoms with Gasteiger partial charge in [0.25, 0.3) is 0 Å². The molecule has 0 heterocycles. The summed E-state index contributed by atoms with van der Waals surface area (Å²) in [5, 5.41) is 5.94. The van der Waals surface area contributed by atoms with E-state index in [-0.39, 0.29) is 11.3 Å². The van der Waals surface area contributed by atoms with Crippen molar-refractivity contribution in [2.24, 2.45) is 16.7 Å². The highest BCUT2D eigenvalue weighted by Crippen LogP contribution is 2.36. The van der Waals surface area contributed by atoms with Crippen LogP contribution in [0.3, 0.4) is 0 Å². The van der Waals surface area contributed by atoms with Crippen molar-refractivity contribution in [2.45, 2.75) is 92.7 Å². The van der Waals surface area contributed by atoms with Crippen molar-refractivity contribution in [3.8, 4) is 0 Å². The fourth-order valence-corrected chi connectivity index (χ4v) is 3.41. The Morgan fingerprint density at radius 1 is 0.833 bits per heavy atom.